The second kappa shape index (κ2) is 10.0. The Labute approximate surface area is 215 Å². The first-order valence-corrected chi connectivity index (χ1v) is 12.9. The number of hydrogen-bond donors (Lipinski definition) is 1. The maximum Gasteiger partial charge on any atom is 0.301 e. The lowest BCUT2D eigenvalue weighted by atomic mass is 9.95. The van der Waals surface area contributed by atoms with Crippen LogP contribution in [0.15, 0.2) is 88.8 Å². The molecule has 0 bridgehead atoms. The minimum absolute atomic E-state index is 0.00851. The SMILES string of the molecule is Cc1ccc(/C(O)=C2/C(=O)C(=O)N(c3nnc(SCc4ccccc4F)s3)C2c2ccccc2)cc1. The summed E-state index contributed by atoms with van der Waals surface area (Å²) in [7, 11) is 0. The molecule has 0 spiro atoms. The van der Waals surface area contributed by atoms with Gasteiger partial charge >= 0.3 is 5.91 Å². The molecule has 1 aliphatic heterocycles. The highest BCUT2D eigenvalue weighted by Gasteiger charge is 2.48. The number of halogens is 1. The van der Waals surface area contributed by atoms with Crippen molar-refractivity contribution in [1.29, 1.82) is 0 Å². The molecule has 4 aromatic rings. The Kier molecular flexibility index (Phi) is 6.67. The Bertz CT molecular complexity index is 1470. The number of Topliss-reactive ketones (excluding diaryl/α,β-unsaturated/α-hetero) is 1. The Morgan fingerprint density at radius 2 is 1.69 bits per heavy atom. The summed E-state index contributed by atoms with van der Waals surface area (Å²) in [4.78, 5) is 27.7. The van der Waals surface area contributed by atoms with Crippen LogP contribution in [0.1, 0.15) is 28.3 Å². The number of carbonyl (C=O) groups is 2. The fourth-order valence-corrected chi connectivity index (χ4v) is 5.81. The first kappa shape index (κ1) is 23.9. The Balaban J connectivity index is 1.53. The number of carbonyl (C=O) groups excluding carboxylic acids is 2. The van der Waals surface area contributed by atoms with Crippen LogP contribution in [-0.4, -0.2) is 27.0 Å². The summed E-state index contributed by atoms with van der Waals surface area (Å²) in [5.74, 6) is -1.80. The average molecular weight is 518 g/mol. The third-order valence-electron chi connectivity index (χ3n) is 5.80. The largest absolute Gasteiger partial charge is 0.507 e. The van der Waals surface area contributed by atoms with Gasteiger partial charge < -0.3 is 5.11 Å². The van der Waals surface area contributed by atoms with Gasteiger partial charge in [-0.15, -0.1) is 10.2 Å². The molecule has 1 aromatic heterocycles. The first-order chi connectivity index (χ1) is 17.4. The van der Waals surface area contributed by atoms with Gasteiger partial charge in [0.1, 0.15) is 11.6 Å². The van der Waals surface area contributed by atoms with Crippen LogP contribution in [0.5, 0.6) is 0 Å². The van der Waals surface area contributed by atoms with Gasteiger partial charge in [-0.05, 0) is 24.1 Å². The highest BCUT2D eigenvalue weighted by molar-refractivity contribution is 8.00. The summed E-state index contributed by atoms with van der Waals surface area (Å²) in [5, 5.41) is 19.7. The summed E-state index contributed by atoms with van der Waals surface area (Å²) >= 11 is 2.43. The summed E-state index contributed by atoms with van der Waals surface area (Å²) in [5.41, 5.74) is 2.62. The molecular formula is C27H20FN3O3S2. The maximum atomic E-state index is 14.0. The fraction of sp³-hybridized carbons (Fsp3) is 0.111. The number of benzene rings is 3. The van der Waals surface area contributed by atoms with Crippen LogP contribution in [0, 0.1) is 12.7 Å². The monoisotopic (exact) mass is 517 g/mol. The molecule has 0 aliphatic carbocycles. The van der Waals surface area contributed by atoms with Gasteiger partial charge in [0, 0.05) is 11.3 Å². The van der Waals surface area contributed by atoms with Crippen LogP contribution in [0.4, 0.5) is 9.52 Å². The molecule has 1 amide bonds. The number of aliphatic hydroxyl groups excluding tert-OH is 1. The molecule has 2 heterocycles. The standard InChI is InChI=1S/C27H20FN3O3S2/c1-16-11-13-18(14-12-16)23(32)21-22(17-7-3-2-4-8-17)31(25(34)24(21)33)26-29-30-27(36-26)35-15-19-9-5-6-10-20(19)28/h2-14,22,32H,15H2,1H3/b23-21-. The number of nitrogens with zero attached hydrogens (tertiary/aromatic N) is 3. The van der Waals surface area contributed by atoms with Crippen LogP contribution in [0.3, 0.4) is 0 Å². The zero-order valence-corrected chi connectivity index (χ0v) is 20.7. The van der Waals surface area contributed by atoms with Crippen LogP contribution in [0.2, 0.25) is 0 Å². The van der Waals surface area contributed by atoms with E-state index in [1.54, 1.807) is 54.6 Å². The number of rotatable bonds is 6. The quantitative estimate of drug-likeness (QED) is 0.113. The zero-order chi connectivity index (χ0) is 25.2. The highest BCUT2D eigenvalue weighted by Crippen LogP contribution is 2.44. The van der Waals surface area contributed by atoms with E-state index in [1.807, 2.05) is 25.1 Å². The molecule has 180 valence electrons. The van der Waals surface area contributed by atoms with Gasteiger partial charge in [0.15, 0.2) is 4.34 Å². The van der Waals surface area contributed by atoms with E-state index in [-0.39, 0.29) is 22.3 Å². The van der Waals surface area contributed by atoms with E-state index >= 15 is 0 Å². The lowest BCUT2D eigenvalue weighted by Gasteiger charge is -2.22. The number of thioether (sulfide) groups is 1. The number of aromatic nitrogens is 2. The predicted octanol–water partition coefficient (Wildman–Crippen LogP) is 5.90. The fourth-order valence-electron chi connectivity index (χ4n) is 3.96. The van der Waals surface area contributed by atoms with Crippen molar-refractivity contribution in [3.63, 3.8) is 0 Å². The van der Waals surface area contributed by atoms with Gasteiger partial charge in [-0.25, -0.2) is 4.39 Å². The lowest BCUT2D eigenvalue weighted by Crippen LogP contribution is -2.29. The van der Waals surface area contributed by atoms with Gasteiger partial charge in [-0.2, -0.15) is 0 Å². The lowest BCUT2D eigenvalue weighted by molar-refractivity contribution is -0.132. The van der Waals surface area contributed by atoms with Crippen molar-refractivity contribution < 1.29 is 19.1 Å². The minimum atomic E-state index is -0.870. The molecule has 5 rings (SSSR count). The van der Waals surface area contributed by atoms with Crippen LogP contribution in [-0.2, 0) is 15.3 Å². The van der Waals surface area contributed by atoms with Crippen molar-refractivity contribution in [2.24, 2.45) is 0 Å². The summed E-state index contributed by atoms with van der Waals surface area (Å²) in [6, 6.07) is 21.7. The van der Waals surface area contributed by atoms with Crippen LogP contribution >= 0.6 is 23.1 Å². The van der Waals surface area contributed by atoms with Crippen molar-refractivity contribution in [2.75, 3.05) is 4.90 Å². The van der Waals surface area contributed by atoms with Gasteiger partial charge in [0.05, 0.1) is 11.6 Å². The van der Waals surface area contributed by atoms with Crippen molar-refractivity contribution in [1.82, 2.24) is 10.2 Å². The Hall–Kier alpha value is -3.82. The zero-order valence-electron chi connectivity index (χ0n) is 19.1. The third-order valence-corrected chi connectivity index (χ3v) is 7.90. The Morgan fingerprint density at radius 1 is 1.00 bits per heavy atom. The molecule has 1 unspecified atom stereocenters. The van der Waals surface area contributed by atoms with Crippen molar-refractivity contribution in [3.05, 3.63) is 113 Å². The van der Waals surface area contributed by atoms with Crippen LogP contribution in [0.25, 0.3) is 5.76 Å². The van der Waals surface area contributed by atoms with Crippen molar-refractivity contribution in [3.8, 4) is 0 Å². The predicted molar refractivity (Wildman–Crippen MR) is 138 cm³/mol. The minimum Gasteiger partial charge on any atom is -0.507 e. The number of ketones is 1. The topological polar surface area (TPSA) is 83.4 Å². The number of hydrogen-bond acceptors (Lipinski definition) is 7. The number of amides is 1. The number of anilines is 1. The first-order valence-electron chi connectivity index (χ1n) is 11.1. The van der Waals surface area contributed by atoms with E-state index in [1.165, 1.54) is 22.7 Å². The van der Waals surface area contributed by atoms with Gasteiger partial charge in [-0.1, -0.05) is 101 Å². The molecular weight excluding hydrogens is 497 g/mol. The highest BCUT2D eigenvalue weighted by atomic mass is 32.2. The second-order valence-electron chi connectivity index (χ2n) is 8.18. The van der Waals surface area contributed by atoms with E-state index in [4.69, 9.17) is 0 Å². The molecule has 6 nitrogen and oxygen atoms in total. The molecule has 1 aliphatic rings. The second-order valence-corrected chi connectivity index (χ2v) is 10.4. The van der Waals surface area contributed by atoms with E-state index in [0.29, 0.717) is 26.8 Å². The van der Waals surface area contributed by atoms with Crippen LogP contribution < -0.4 is 4.90 Å². The van der Waals surface area contributed by atoms with Crippen molar-refractivity contribution >= 4 is 45.7 Å². The molecule has 9 heteroatoms. The van der Waals surface area contributed by atoms with Crippen molar-refractivity contribution in [2.45, 2.75) is 23.1 Å². The summed E-state index contributed by atoms with van der Waals surface area (Å²) in [6.07, 6.45) is 0. The molecule has 0 radical (unpaired) electrons. The molecule has 1 N–H and O–H groups in total. The number of aryl methyl sites for hydroxylation is 1. The van der Waals surface area contributed by atoms with Gasteiger partial charge in [0.25, 0.3) is 5.78 Å². The molecule has 1 fully saturated rings. The number of aliphatic hydroxyl groups is 1. The summed E-state index contributed by atoms with van der Waals surface area (Å²) in [6.45, 7) is 1.92. The molecule has 1 saturated heterocycles. The smallest absolute Gasteiger partial charge is 0.301 e. The average Bonchev–Trinajstić information content (AvgIpc) is 3.46. The normalized spacial score (nSPS) is 17.1. The van der Waals surface area contributed by atoms with Gasteiger partial charge in [0.2, 0.25) is 5.13 Å². The van der Waals surface area contributed by atoms with E-state index < -0.39 is 17.7 Å². The Morgan fingerprint density at radius 3 is 2.42 bits per heavy atom. The van der Waals surface area contributed by atoms with E-state index in [2.05, 4.69) is 10.2 Å². The molecule has 3 aromatic carbocycles. The molecule has 1 atom stereocenters. The third kappa shape index (κ3) is 4.55. The summed E-state index contributed by atoms with van der Waals surface area (Å²) < 4.78 is 14.5. The van der Waals surface area contributed by atoms with E-state index in [0.717, 1.165) is 16.9 Å². The van der Waals surface area contributed by atoms with Gasteiger partial charge in [-0.3, -0.25) is 14.5 Å². The molecule has 0 saturated carbocycles. The molecule has 36 heavy (non-hydrogen) atoms. The maximum absolute atomic E-state index is 14.0. The van der Waals surface area contributed by atoms with E-state index in [9.17, 15) is 19.1 Å².